The number of ether oxygens (including phenoxy) is 1. The number of likely N-dealkylation sites (N-methyl/N-ethyl adjacent to an activating group) is 1. The molecule has 2 unspecified atom stereocenters. The van der Waals surface area contributed by atoms with Crippen LogP contribution in [0, 0.1) is 0 Å². The van der Waals surface area contributed by atoms with Crippen molar-refractivity contribution in [1.29, 1.82) is 0 Å². The minimum atomic E-state index is 0.391. The average Bonchev–Trinajstić information content (AvgIpc) is 2.53. The minimum Gasteiger partial charge on any atom is -0.376 e. The van der Waals surface area contributed by atoms with Crippen LogP contribution in [-0.4, -0.2) is 44.3 Å². The van der Waals surface area contributed by atoms with Crippen LogP contribution in [0.5, 0.6) is 0 Å². The average molecular weight is 290 g/mol. The second kappa shape index (κ2) is 7.92. The lowest BCUT2D eigenvalue weighted by Gasteiger charge is -2.34. The first kappa shape index (κ1) is 16.5. The summed E-state index contributed by atoms with van der Waals surface area (Å²) in [5.74, 6) is 0.594. The standard InChI is InChI=1S/C18H30N2O/c1-5-17-12-20(10-11-21-17)13-18(19-4)16-8-6-15(7-9-16)14(2)3/h6-9,14,17-19H,5,10-13H2,1-4H3. The molecule has 0 amide bonds. The molecule has 1 aliphatic rings. The third kappa shape index (κ3) is 4.53. The SMILES string of the molecule is CCC1CN(CC(NC)c2ccc(C(C)C)cc2)CCO1. The Morgan fingerprint density at radius 2 is 1.90 bits per heavy atom. The maximum Gasteiger partial charge on any atom is 0.0700 e. The van der Waals surface area contributed by atoms with E-state index >= 15 is 0 Å². The molecule has 0 spiro atoms. The quantitative estimate of drug-likeness (QED) is 0.871. The number of nitrogens with zero attached hydrogens (tertiary/aromatic N) is 1. The van der Waals surface area contributed by atoms with Crippen LogP contribution in [0.2, 0.25) is 0 Å². The summed E-state index contributed by atoms with van der Waals surface area (Å²) in [6.07, 6.45) is 1.50. The van der Waals surface area contributed by atoms with Gasteiger partial charge in [-0.15, -0.1) is 0 Å². The summed E-state index contributed by atoms with van der Waals surface area (Å²) >= 11 is 0. The van der Waals surface area contributed by atoms with Crippen molar-refractivity contribution in [1.82, 2.24) is 10.2 Å². The normalized spacial score (nSPS) is 21.7. The number of nitrogens with one attached hydrogen (secondary N) is 1. The van der Waals surface area contributed by atoms with Gasteiger partial charge in [0.15, 0.2) is 0 Å². The van der Waals surface area contributed by atoms with Crippen LogP contribution < -0.4 is 5.32 Å². The largest absolute Gasteiger partial charge is 0.376 e. The third-order valence-electron chi connectivity index (χ3n) is 4.47. The molecule has 1 heterocycles. The summed E-state index contributed by atoms with van der Waals surface area (Å²) in [5.41, 5.74) is 2.78. The second-order valence-corrected chi connectivity index (χ2v) is 6.32. The first-order valence-electron chi connectivity index (χ1n) is 8.25. The maximum absolute atomic E-state index is 5.76. The number of morpholine rings is 1. The van der Waals surface area contributed by atoms with E-state index in [-0.39, 0.29) is 0 Å². The molecule has 3 heteroatoms. The van der Waals surface area contributed by atoms with Gasteiger partial charge in [0.2, 0.25) is 0 Å². The Bertz CT molecular complexity index is 416. The van der Waals surface area contributed by atoms with Crippen LogP contribution in [0.1, 0.15) is 50.3 Å². The Hall–Kier alpha value is -0.900. The van der Waals surface area contributed by atoms with Gasteiger partial charge >= 0.3 is 0 Å². The van der Waals surface area contributed by atoms with E-state index < -0.39 is 0 Å². The van der Waals surface area contributed by atoms with Gasteiger partial charge in [0, 0.05) is 25.7 Å². The Kier molecular flexibility index (Phi) is 6.22. The van der Waals surface area contributed by atoms with E-state index in [1.807, 2.05) is 0 Å². The number of hydrogen-bond donors (Lipinski definition) is 1. The van der Waals surface area contributed by atoms with E-state index in [2.05, 4.69) is 62.3 Å². The molecule has 1 aromatic rings. The molecule has 1 aliphatic heterocycles. The first-order valence-corrected chi connectivity index (χ1v) is 8.25. The molecular formula is C18H30N2O. The maximum atomic E-state index is 5.76. The van der Waals surface area contributed by atoms with Gasteiger partial charge in [0.05, 0.1) is 12.7 Å². The van der Waals surface area contributed by atoms with Gasteiger partial charge in [0.1, 0.15) is 0 Å². The van der Waals surface area contributed by atoms with Crippen molar-refractivity contribution in [2.75, 3.05) is 33.3 Å². The molecule has 0 saturated carbocycles. The van der Waals surface area contributed by atoms with Gasteiger partial charge in [-0.25, -0.2) is 0 Å². The lowest BCUT2D eigenvalue weighted by Crippen LogP contribution is -2.45. The summed E-state index contributed by atoms with van der Waals surface area (Å²) in [6, 6.07) is 9.46. The first-order chi connectivity index (χ1) is 10.1. The van der Waals surface area contributed by atoms with Gasteiger partial charge in [0.25, 0.3) is 0 Å². The fraction of sp³-hybridized carbons (Fsp3) is 0.667. The molecule has 1 saturated heterocycles. The van der Waals surface area contributed by atoms with Gasteiger partial charge in [-0.2, -0.15) is 0 Å². The molecule has 0 aromatic heterocycles. The molecule has 2 rings (SSSR count). The van der Waals surface area contributed by atoms with Crippen LogP contribution in [0.3, 0.4) is 0 Å². The lowest BCUT2D eigenvalue weighted by molar-refractivity contribution is -0.0320. The highest BCUT2D eigenvalue weighted by molar-refractivity contribution is 5.27. The van der Waals surface area contributed by atoms with Gasteiger partial charge in [-0.1, -0.05) is 45.0 Å². The van der Waals surface area contributed by atoms with E-state index in [9.17, 15) is 0 Å². The molecule has 1 fully saturated rings. The van der Waals surface area contributed by atoms with Crippen LogP contribution in [0.15, 0.2) is 24.3 Å². The highest BCUT2D eigenvalue weighted by Gasteiger charge is 2.22. The zero-order valence-electron chi connectivity index (χ0n) is 13.9. The molecule has 0 bridgehead atoms. The van der Waals surface area contributed by atoms with E-state index in [4.69, 9.17) is 4.74 Å². The van der Waals surface area contributed by atoms with Crippen LogP contribution >= 0.6 is 0 Å². The van der Waals surface area contributed by atoms with Crippen LogP contribution in [0.4, 0.5) is 0 Å². The van der Waals surface area contributed by atoms with Gasteiger partial charge in [-0.3, -0.25) is 4.90 Å². The van der Waals surface area contributed by atoms with Crippen LogP contribution in [0.25, 0.3) is 0 Å². The zero-order valence-corrected chi connectivity index (χ0v) is 13.9. The fourth-order valence-electron chi connectivity index (χ4n) is 2.93. The topological polar surface area (TPSA) is 24.5 Å². The Morgan fingerprint density at radius 1 is 1.24 bits per heavy atom. The van der Waals surface area contributed by atoms with Crippen molar-refractivity contribution in [3.63, 3.8) is 0 Å². The highest BCUT2D eigenvalue weighted by atomic mass is 16.5. The Labute approximate surface area is 129 Å². The molecule has 3 nitrogen and oxygen atoms in total. The van der Waals surface area contributed by atoms with E-state index in [0.717, 1.165) is 32.7 Å². The summed E-state index contributed by atoms with van der Waals surface area (Å²) in [6.45, 7) is 10.7. The molecule has 0 aliphatic carbocycles. The van der Waals surface area contributed by atoms with Crippen molar-refractivity contribution >= 4 is 0 Å². The summed E-state index contributed by atoms with van der Waals surface area (Å²) in [4.78, 5) is 2.52. The van der Waals surface area contributed by atoms with Crippen molar-refractivity contribution in [3.8, 4) is 0 Å². The smallest absolute Gasteiger partial charge is 0.0700 e. The lowest BCUT2D eigenvalue weighted by atomic mass is 9.98. The predicted molar refractivity (Wildman–Crippen MR) is 88.8 cm³/mol. The Balaban J connectivity index is 1.98. The number of rotatable bonds is 6. The minimum absolute atomic E-state index is 0.391. The molecule has 1 aromatic carbocycles. The monoisotopic (exact) mass is 290 g/mol. The van der Waals surface area contributed by atoms with E-state index in [0.29, 0.717) is 18.1 Å². The van der Waals surface area contributed by atoms with Crippen molar-refractivity contribution in [2.24, 2.45) is 0 Å². The Morgan fingerprint density at radius 3 is 2.48 bits per heavy atom. The van der Waals surface area contributed by atoms with Crippen LogP contribution in [-0.2, 0) is 4.74 Å². The molecular weight excluding hydrogens is 260 g/mol. The van der Waals surface area contributed by atoms with Crippen molar-refractivity contribution in [2.45, 2.75) is 45.3 Å². The number of benzene rings is 1. The molecule has 1 N–H and O–H groups in total. The fourth-order valence-corrected chi connectivity index (χ4v) is 2.93. The zero-order chi connectivity index (χ0) is 15.2. The molecule has 118 valence electrons. The summed E-state index contributed by atoms with van der Waals surface area (Å²) < 4.78 is 5.76. The number of hydrogen-bond acceptors (Lipinski definition) is 3. The highest BCUT2D eigenvalue weighted by Crippen LogP contribution is 2.20. The van der Waals surface area contributed by atoms with Gasteiger partial charge in [-0.05, 0) is 30.5 Å². The predicted octanol–water partition coefficient (Wildman–Crippen LogP) is 3.18. The van der Waals surface area contributed by atoms with E-state index in [1.165, 1.54) is 11.1 Å². The second-order valence-electron chi connectivity index (χ2n) is 6.32. The summed E-state index contributed by atoms with van der Waals surface area (Å²) in [7, 11) is 2.05. The summed E-state index contributed by atoms with van der Waals surface area (Å²) in [5, 5.41) is 3.46. The van der Waals surface area contributed by atoms with Crippen molar-refractivity contribution < 1.29 is 4.74 Å². The molecule has 0 radical (unpaired) electrons. The molecule has 21 heavy (non-hydrogen) atoms. The van der Waals surface area contributed by atoms with E-state index in [1.54, 1.807) is 0 Å². The third-order valence-corrected chi connectivity index (χ3v) is 4.47. The van der Waals surface area contributed by atoms with Crippen molar-refractivity contribution in [3.05, 3.63) is 35.4 Å². The molecule has 2 atom stereocenters. The van der Waals surface area contributed by atoms with Gasteiger partial charge < -0.3 is 10.1 Å².